The van der Waals surface area contributed by atoms with Crippen LogP contribution in [0.2, 0.25) is 0 Å². The first kappa shape index (κ1) is 14.0. The number of hydrogen-bond donors (Lipinski definition) is 3. The smallest absolute Gasteiger partial charge is 0.139 e. The van der Waals surface area contributed by atoms with Crippen molar-refractivity contribution in [1.82, 2.24) is 5.32 Å². The van der Waals surface area contributed by atoms with E-state index in [4.69, 9.17) is 10.9 Å². The number of rotatable bonds is 8. The van der Waals surface area contributed by atoms with Crippen molar-refractivity contribution in [3.63, 3.8) is 0 Å². The molecule has 0 spiro atoms. The van der Waals surface area contributed by atoms with Crippen LogP contribution in [-0.2, 0) is 0 Å². The van der Waals surface area contributed by atoms with E-state index in [1.165, 1.54) is 4.88 Å². The van der Waals surface area contributed by atoms with Gasteiger partial charge in [-0.05, 0) is 37.3 Å². The number of thiophene rings is 1. The van der Waals surface area contributed by atoms with Crippen LogP contribution in [-0.4, -0.2) is 17.6 Å². The van der Waals surface area contributed by atoms with Crippen molar-refractivity contribution < 1.29 is 5.21 Å². The zero-order valence-electron chi connectivity index (χ0n) is 10.2. The third-order valence-electron chi connectivity index (χ3n) is 2.67. The molecular formula is C12H21N3OS. The molecule has 4 nitrogen and oxygen atoms in total. The third kappa shape index (κ3) is 5.19. The molecule has 5 heteroatoms. The molecule has 96 valence electrons. The fraction of sp³-hybridized carbons (Fsp3) is 0.583. The molecule has 17 heavy (non-hydrogen) atoms. The van der Waals surface area contributed by atoms with E-state index in [0.717, 1.165) is 25.8 Å². The topological polar surface area (TPSA) is 70.6 Å². The molecule has 0 saturated heterocycles. The Balaban J connectivity index is 2.17. The van der Waals surface area contributed by atoms with E-state index >= 15 is 0 Å². The first-order chi connectivity index (χ1) is 8.27. The van der Waals surface area contributed by atoms with Gasteiger partial charge in [-0.25, -0.2) is 0 Å². The Morgan fingerprint density at radius 3 is 3.00 bits per heavy atom. The summed E-state index contributed by atoms with van der Waals surface area (Å²) < 4.78 is 0. The summed E-state index contributed by atoms with van der Waals surface area (Å²) in [4.78, 5) is 1.39. The van der Waals surface area contributed by atoms with Gasteiger partial charge in [-0.15, -0.1) is 11.3 Å². The van der Waals surface area contributed by atoms with Gasteiger partial charge in [0.15, 0.2) is 0 Å². The predicted octanol–water partition coefficient (Wildman–Crippen LogP) is 2.71. The highest BCUT2D eigenvalue weighted by Crippen LogP contribution is 2.21. The predicted molar refractivity (Wildman–Crippen MR) is 72.6 cm³/mol. The molecule has 1 aromatic rings. The number of amidine groups is 1. The SMILES string of the molecule is CCC(NCCCC/C(N)=N/O)c1cccs1. The van der Waals surface area contributed by atoms with E-state index in [2.05, 4.69) is 34.9 Å². The van der Waals surface area contributed by atoms with Crippen molar-refractivity contribution in [2.24, 2.45) is 10.9 Å². The normalized spacial score (nSPS) is 13.8. The minimum atomic E-state index is 0.315. The maximum Gasteiger partial charge on any atom is 0.139 e. The van der Waals surface area contributed by atoms with Crippen LogP contribution in [0.25, 0.3) is 0 Å². The summed E-state index contributed by atoms with van der Waals surface area (Å²) in [6, 6.07) is 4.71. The standard InChI is InChI=1S/C12H21N3OS/c1-2-10(11-6-5-9-17-11)14-8-4-3-7-12(13)15-16/h5-6,9-10,14,16H,2-4,7-8H2,1H3,(H2,13,15). The molecule has 0 bridgehead atoms. The van der Waals surface area contributed by atoms with Crippen LogP contribution in [0.5, 0.6) is 0 Å². The van der Waals surface area contributed by atoms with Gasteiger partial charge in [0.25, 0.3) is 0 Å². The van der Waals surface area contributed by atoms with E-state index in [1.807, 2.05) is 0 Å². The van der Waals surface area contributed by atoms with Crippen LogP contribution >= 0.6 is 11.3 Å². The van der Waals surface area contributed by atoms with E-state index in [1.54, 1.807) is 11.3 Å². The minimum Gasteiger partial charge on any atom is -0.409 e. The molecule has 1 unspecified atom stereocenters. The lowest BCUT2D eigenvalue weighted by molar-refractivity contribution is 0.316. The van der Waals surface area contributed by atoms with Crippen molar-refractivity contribution in [1.29, 1.82) is 0 Å². The molecule has 0 fully saturated rings. The second kappa shape index (κ2) is 8.08. The molecule has 0 radical (unpaired) electrons. The average molecular weight is 255 g/mol. The summed E-state index contributed by atoms with van der Waals surface area (Å²) in [5, 5.41) is 17.0. The number of nitrogens with two attached hydrogens (primary N) is 1. The number of oxime groups is 1. The van der Waals surface area contributed by atoms with Gasteiger partial charge in [-0.1, -0.05) is 18.1 Å². The van der Waals surface area contributed by atoms with Gasteiger partial charge in [0, 0.05) is 17.3 Å². The first-order valence-electron chi connectivity index (χ1n) is 6.01. The molecule has 0 aromatic carbocycles. The van der Waals surface area contributed by atoms with Gasteiger partial charge >= 0.3 is 0 Å². The van der Waals surface area contributed by atoms with Crippen LogP contribution < -0.4 is 11.1 Å². The van der Waals surface area contributed by atoms with Crippen molar-refractivity contribution >= 4 is 17.2 Å². The largest absolute Gasteiger partial charge is 0.409 e. The molecule has 0 aliphatic rings. The third-order valence-corrected chi connectivity index (χ3v) is 3.66. The zero-order valence-corrected chi connectivity index (χ0v) is 11.0. The maximum atomic E-state index is 8.39. The highest BCUT2D eigenvalue weighted by atomic mass is 32.1. The highest BCUT2D eigenvalue weighted by Gasteiger charge is 2.08. The second-order valence-electron chi connectivity index (χ2n) is 3.98. The van der Waals surface area contributed by atoms with Crippen molar-refractivity contribution in [2.45, 2.75) is 38.6 Å². The van der Waals surface area contributed by atoms with Gasteiger partial charge in [-0.3, -0.25) is 0 Å². The Hall–Kier alpha value is -1.07. The molecule has 1 aromatic heterocycles. The number of unbranched alkanes of at least 4 members (excludes halogenated alkanes) is 1. The van der Waals surface area contributed by atoms with Gasteiger partial charge in [-0.2, -0.15) is 0 Å². The molecule has 0 saturated carbocycles. The molecular weight excluding hydrogens is 234 g/mol. The molecule has 0 aliphatic heterocycles. The fourth-order valence-electron chi connectivity index (χ4n) is 1.69. The summed E-state index contributed by atoms with van der Waals surface area (Å²) in [6.07, 6.45) is 3.75. The fourth-order valence-corrected chi connectivity index (χ4v) is 2.58. The molecule has 1 heterocycles. The molecule has 0 amide bonds. The lowest BCUT2D eigenvalue weighted by atomic mass is 10.1. The van der Waals surface area contributed by atoms with E-state index in [-0.39, 0.29) is 0 Å². The number of nitrogens with one attached hydrogen (secondary N) is 1. The Labute approximate surface area is 107 Å². The van der Waals surface area contributed by atoms with Crippen LogP contribution in [0.15, 0.2) is 22.7 Å². The van der Waals surface area contributed by atoms with Crippen molar-refractivity contribution in [3.8, 4) is 0 Å². The van der Waals surface area contributed by atoms with Crippen LogP contribution in [0.3, 0.4) is 0 Å². The molecule has 4 N–H and O–H groups in total. The zero-order chi connectivity index (χ0) is 12.5. The van der Waals surface area contributed by atoms with Gasteiger partial charge in [0.2, 0.25) is 0 Å². The van der Waals surface area contributed by atoms with E-state index < -0.39 is 0 Å². The number of nitrogens with zero attached hydrogens (tertiary/aromatic N) is 1. The molecule has 1 atom stereocenters. The van der Waals surface area contributed by atoms with Crippen LogP contribution in [0.4, 0.5) is 0 Å². The van der Waals surface area contributed by atoms with Crippen molar-refractivity contribution in [3.05, 3.63) is 22.4 Å². The Morgan fingerprint density at radius 2 is 2.41 bits per heavy atom. The van der Waals surface area contributed by atoms with E-state index in [0.29, 0.717) is 18.3 Å². The monoisotopic (exact) mass is 255 g/mol. The van der Waals surface area contributed by atoms with Gasteiger partial charge in [0.1, 0.15) is 5.84 Å². The minimum absolute atomic E-state index is 0.315. The van der Waals surface area contributed by atoms with Gasteiger partial charge < -0.3 is 16.3 Å². The molecule has 1 rings (SSSR count). The Kier molecular flexibility index (Phi) is 6.65. The van der Waals surface area contributed by atoms with Gasteiger partial charge in [0.05, 0.1) is 0 Å². The van der Waals surface area contributed by atoms with Crippen LogP contribution in [0.1, 0.15) is 43.5 Å². The number of hydrogen-bond acceptors (Lipinski definition) is 4. The quantitative estimate of drug-likeness (QED) is 0.220. The van der Waals surface area contributed by atoms with Crippen molar-refractivity contribution in [2.75, 3.05) is 6.54 Å². The Morgan fingerprint density at radius 1 is 1.59 bits per heavy atom. The summed E-state index contributed by atoms with van der Waals surface area (Å²) in [5.74, 6) is 0.315. The summed E-state index contributed by atoms with van der Waals surface area (Å²) >= 11 is 1.79. The maximum absolute atomic E-state index is 8.39. The molecule has 0 aliphatic carbocycles. The van der Waals surface area contributed by atoms with E-state index in [9.17, 15) is 0 Å². The summed E-state index contributed by atoms with van der Waals surface area (Å²) in [6.45, 7) is 3.16. The second-order valence-corrected chi connectivity index (χ2v) is 4.96. The highest BCUT2D eigenvalue weighted by molar-refractivity contribution is 7.10. The Bertz CT molecular complexity index is 325. The lowest BCUT2D eigenvalue weighted by Crippen LogP contribution is -2.21. The van der Waals surface area contributed by atoms with Crippen LogP contribution in [0, 0.1) is 0 Å². The lowest BCUT2D eigenvalue weighted by Gasteiger charge is -2.15. The summed E-state index contributed by atoms with van der Waals surface area (Å²) in [7, 11) is 0. The first-order valence-corrected chi connectivity index (χ1v) is 6.89. The summed E-state index contributed by atoms with van der Waals surface area (Å²) in [5.41, 5.74) is 5.40. The average Bonchev–Trinajstić information content (AvgIpc) is 2.87.